The summed E-state index contributed by atoms with van der Waals surface area (Å²) in [6.07, 6.45) is 0.513. The van der Waals surface area contributed by atoms with Crippen molar-refractivity contribution >= 4 is 17.7 Å². The van der Waals surface area contributed by atoms with Gasteiger partial charge in [0, 0.05) is 0 Å². The highest BCUT2D eigenvalue weighted by Crippen LogP contribution is 2.08. The van der Waals surface area contributed by atoms with Gasteiger partial charge in [-0.15, -0.1) is 0 Å². The number of Topliss-reactive ketones (excluding diaryl/α,β-unsaturated/α-hetero) is 1. The fraction of sp³-hybridized carbons (Fsp3) is 0.286. The van der Waals surface area contributed by atoms with Crippen LogP contribution in [-0.2, 0) is 32.0 Å². The Morgan fingerprint density at radius 2 is 1.65 bits per heavy atom. The van der Waals surface area contributed by atoms with Gasteiger partial charge in [0.2, 0.25) is 0 Å². The van der Waals surface area contributed by atoms with Crippen molar-refractivity contribution in [3.63, 3.8) is 0 Å². The predicted molar refractivity (Wildman–Crippen MR) is 98.6 cm³/mol. The molecule has 1 N–H and O–H groups in total. The number of hydrogen-bond donors (Lipinski definition) is 1. The molecule has 0 unspecified atom stereocenters. The second-order valence-corrected chi connectivity index (χ2v) is 6.18. The van der Waals surface area contributed by atoms with E-state index in [-0.39, 0.29) is 12.2 Å². The maximum absolute atomic E-state index is 12.0. The van der Waals surface area contributed by atoms with Gasteiger partial charge in [-0.1, -0.05) is 54.6 Å². The van der Waals surface area contributed by atoms with Crippen molar-refractivity contribution in [2.24, 2.45) is 0 Å². The standard InChI is InChI=1S/C21H23NO4/c1-15-8-6-7-11-18(15)13-21(25)26-14-20(24)22-19(16(2)23)12-17-9-4-3-5-10-17/h3-11,19H,12-14H2,1-2H3,(H,22,24)/t19-/m1/s1. The number of hydrogen-bond acceptors (Lipinski definition) is 4. The SMILES string of the molecule is CC(=O)[C@@H](Cc1ccccc1)NC(=O)COC(=O)Cc1ccccc1C. The quantitative estimate of drug-likeness (QED) is 0.740. The van der Waals surface area contributed by atoms with Gasteiger partial charge in [-0.3, -0.25) is 14.4 Å². The van der Waals surface area contributed by atoms with Crippen LogP contribution in [0, 0.1) is 6.92 Å². The van der Waals surface area contributed by atoms with E-state index in [2.05, 4.69) is 5.32 Å². The second kappa shape index (κ2) is 9.51. The van der Waals surface area contributed by atoms with Crippen molar-refractivity contribution in [3.8, 4) is 0 Å². The number of ether oxygens (including phenoxy) is 1. The van der Waals surface area contributed by atoms with Gasteiger partial charge in [0.05, 0.1) is 12.5 Å². The summed E-state index contributed by atoms with van der Waals surface area (Å²) in [4.78, 5) is 35.7. The lowest BCUT2D eigenvalue weighted by Gasteiger charge is -2.16. The van der Waals surface area contributed by atoms with Crippen LogP contribution in [-0.4, -0.2) is 30.3 Å². The van der Waals surface area contributed by atoms with Gasteiger partial charge in [0.1, 0.15) is 0 Å². The zero-order valence-corrected chi connectivity index (χ0v) is 15.0. The first kappa shape index (κ1) is 19.4. The van der Waals surface area contributed by atoms with Crippen LogP contribution in [0.15, 0.2) is 54.6 Å². The monoisotopic (exact) mass is 353 g/mol. The Bertz CT molecular complexity index is 771. The Labute approximate surface area is 153 Å². The van der Waals surface area contributed by atoms with Crippen molar-refractivity contribution in [1.82, 2.24) is 5.32 Å². The number of esters is 1. The molecule has 2 rings (SSSR count). The second-order valence-electron chi connectivity index (χ2n) is 6.18. The molecule has 0 saturated heterocycles. The molecule has 2 aromatic carbocycles. The summed E-state index contributed by atoms with van der Waals surface area (Å²) in [5.74, 6) is -1.11. The Kier molecular flexibility index (Phi) is 7.09. The first-order valence-corrected chi connectivity index (χ1v) is 8.49. The molecule has 5 nitrogen and oxygen atoms in total. The molecule has 0 aliphatic carbocycles. The molecule has 26 heavy (non-hydrogen) atoms. The van der Waals surface area contributed by atoms with Crippen LogP contribution in [0.1, 0.15) is 23.6 Å². The average Bonchev–Trinajstić information content (AvgIpc) is 2.62. The van der Waals surface area contributed by atoms with E-state index in [0.717, 1.165) is 16.7 Å². The molecule has 1 amide bonds. The number of ketones is 1. The minimum absolute atomic E-state index is 0.111. The van der Waals surface area contributed by atoms with Crippen molar-refractivity contribution in [2.45, 2.75) is 32.7 Å². The third-order valence-electron chi connectivity index (χ3n) is 4.07. The highest BCUT2D eigenvalue weighted by molar-refractivity contribution is 5.89. The fourth-order valence-electron chi connectivity index (χ4n) is 2.54. The van der Waals surface area contributed by atoms with Gasteiger partial charge >= 0.3 is 5.97 Å². The smallest absolute Gasteiger partial charge is 0.310 e. The van der Waals surface area contributed by atoms with Crippen LogP contribution in [0.25, 0.3) is 0 Å². The third kappa shape index (κ3) is 6.16. The summed E-state index contributed by atoms with van der Waals surface area (Å²) < 4.78 is 5.03. The molecule has 0 bridgehead atoms. The maximum Gasteiger partial charge on any atom is 0.310 e. The number of nitrogens with one attached hydrogen (secondary N) is 1. The summed E-state index contributed by atoms with van der Waals surface area (Å²) in [6.45, 7) is 2.94. The van der Waals surface area contributed by atoms with Crippen LogP contribution in [0.5, 0.6) is 0 Å². The molecule has 0 aliphatic rings. The van der Waals surface area contributed by atoms with E-state index in [1.54, 1.807) is 0 Å². The van der Waals surface area contributed by atoms with Gasteiger partial charge in [-0.05, 0) is 37.0 Å². The summed E-state index contributed by atoms with van der Waals surface area (Å²) in [7, 11) is 0. The third-order valence-corrected chi connectivity index (χ3v) is 4.07. The van der Waals surface area contributed by atoms with Crippen LogP contribution in [0.4, 0.5) is 0 Å². The fourth-order valence-corrected chi connectivity index (χ4v) is 2.54. The van der Waals surface area contributed by atoms with E-state index in [0.29, 0.717) is 6.42 Å². The molecule has 5 heteroatoms. The number of carbonyl (C=O) groups is 3. The van der Waals surface area contributed by atoms with E-state index >= 15 is 0 Å². The van der Waals surface area contributed by atoms with Crippen LogP contribution in [0.3, 0.4) is 0 Å². The lowest BCUT2D eigenvalue weighted by Crippen LogP contribution is -2.43. The highest BCUT2D eigenvalue weighted by Gasteiger charge is 2.18. The van der Waals surface area contributed by atoms with E-state index < -0.39 is 24.5 Å². The topological polar surface area (TPSA) is 72.5 Å². The van der Waals surface area contributed by atoms with E-state index in [1.807, 2.05) is 61.5 Å². The zero-order chi connectivity index (χ0) is 18.9. The lowest BCUT2D eigenvalue weighted by molar-refractivity contribution is -0.148. The molecular weight excluding hydrogens is 330 g/mol. The minimum atomic E-state index is -0.639. The van der Waals surface area contributed by atoms with Crippen LogP contribution < -0.4 is 5.32 Å². The molecule has 0 fully saturated rings. The van der Waals surface area contributed by atoms with Gasteiger partial charge in [-0.25, -0.2) is 0 Å². The summed E-state index contributed by atoms with van der Waals surface area (Å²) in [5.41, 5.74) is 2.81. The molecule has 0 radical (unpaired) electrons. The Hall–Kier alpha value is -2.95. The first-order chi connectivity index (χ1) is 12.5. The highest BCUT2D eigenvalue weighted by atomic mass is 16.5. The summed E-state index contributed by atoms with van der Waals surface area (Å²) in [5, 5.41) is 2.63. The number of amides is 1. The minimum Gasteiger partial charge on any atom is -0.455 e. The van der Waals surface area contributed by atoms with Crippen molar-refractivity contribution < 1.29 is 19.1 Å². The summed E-state index contributed by atoms with van der Waals surface area (Å²) in [6, 6.07) is 16.3. The normalized spacial score (nSPS) is 11.5. The number of carbonyl (C=O) groups excluding carboxylic acids is 3. The van der Waals surface area contributed by atoms with Gasteiger partial charge in [0.25, 0.3) is 5.91 Å². The molecule has 136 valence electrons. The van der Waals surface area contributed by atoms with Gasteiger partial charge in [0.15, 0.2) is 12.4 Å². The Morgan fingerprint density at radius 1 is 1.00 bits per heavy atom. The largest absolute Gasteiger partial charge is 0.455 e. The lowest BCUT2D eigenvalue weighted by atomic mass is 10.0. The summed E-state index contributed by atoms with van der Waals surface area (Å²) >= 11 is 0. The number of rotatable bonds is 8. The molecular formula is C21H23NO4. The molecule has 0 aromatic heterocycles. The first-order valence-electron chi connectivity index (χ1n) is 8.49. The maximum atomic E-state index is 12.0. The Morgan fingerprint density at radius 3 is 2.31 bits per heavy atom. The molecule has 1 atom stereocenters. The van der Waals surface area contributed by atoms with Gasteiger partial charge in [-0.2, -0.15) is 0 Å². The molecule has 0 heterocycles. The zero-order valence-electron chi connectivity index (χ0n) is 15.0. The van der Waals surface area contributed by atoms with Crippen LogP contribution in [0.2, 0.25) is 0 Å². The van der Waals surface area contributed by atoms with Crippen molar-refractivity contribution in [2.75, 3.05) is 6.61 Å². The average molecular weight is 353 g/mol. The molecule has 0 spiro atoms. The molecule has 0 aliphatic heterocycles. The van der Waals surface area contributed by atoms with Crippen LogP contribution >= 0.6 is 0 Å². The van der Waals surface area contributed by atoms with Gasteiger partial charge < -0.3 is 10.1 Å². The number of aryl methyl sites for hydroxylation is 1. The number of benzene rings is 2. The molecule has 2 aromatic rings. The predicted octanol–water partition coefficient (Wildman–Crippen LogP) is 2.40. The van der Waals surface area contributed by atoms with E-state index in [4.69, 9.17) is 4.74 Å². The van der Waals surface area contributed by atoms with Crippen molar-refractivity contribution in [1.29, 1.82) is 0 Å². The Balaban J connectivity index is 1.83. The van der Waals surface area contributed by atoms with Crippen molar-refractivity contribution in [3.05, 3.63) is 71.3 Å². The van der Waals surface area contributed by atoms with E-state index in [9.17, 15) is 14.4 Å². The molecule has 0 saturated carbocycles. The van der Waals surface area contributed by atoms with E-state index in [1.165, 1.54) is 6.92 Å².